The van der Waals surface area contributed by atoms with Gasteiger partial charge in [0.2, 0.25) is 0 Å². The van der Waals surface area contributed by atoms with Gasteiger partial charge < -0.3 is 19.5 Å². The number of nitrogens with zero attached hydrogens (tertiary/aromatic N) is 2. The van der Waals surface area contributed by atoms with Crippen LogP contribution in [0.25, 0.3) is 0 Å². The molecule has 1 aromatic rings. The van der Waals surface area contributed by atoms with Crippen molar-refractivity contribution >= 4 is 29.6 Å². The molecule has 1 N–H and O–H groups in total. The largest absolute Gasteiger partial charge is 0.481 e. The summed E-state index contributed by atoms with van der Waals surface area (Å²) in [5.74, 6) is -2.17. The first-order valence-corrected chi connectivity index (χ1v) is 10.4. The molecule has 0 radical (unpaired) electrons. The second-order valence-electron chi connectivity index (χ2n) is 9.72. The summed E-state index contributed by atoms with van der Waals surface area (Å²) in [6.45, 7) is 10.4. The SMILES string of the molecule is CC(=O)OCC(C)(C)CN1C(=O)C(CC(=O)O)N(C(=O)OC(C)(C)C)Cc2ccccc21. The number of rotatable bonds is 6. The third kappa shape index (κ3) is 6.70. The van der Waals surface area contributed by atoms with Gasteiger partial charge in [-0.25, -0.2) is 4.79 Å². The van der Waals surface area contributed by atoms with E-state index in [-0.39, 0.29) is 19.7 Å². The number of amides is 2. The Labute approximate surface area is 188 Å². The van der Waals surface area contributed by atoms with Crippen molar-refractivity contribution in [3.8, 4) is 0 Å². The number of fused-ring (bicyclic) bond motifs is 1. The summed E-state index contributed by atoms with van der Waals surface area (Å²) < 4.78 is 10.6. The fourth-order valence-electron chi connectivity index (χ4n) is 3.44. The number of hydrogen-bond donors (Lipinski definition) is 1. The Bertz CT molecular complexity index is 889. The average molecular weight is 449 g/mol. The first-order chi connectivity index (χ1) is 14.7. The lowest BCUT2D eigenvalue weighted by Crippen LogP contribution is -2.52. The second-order valence-corrected chi connectivity index (χ2v) is 9.72. The Morgan fingerprint density at radius 1 is 1.12 bits per heavy atom. The third-order valence-electron chi connectivity index (χ3n) is 4.80. The zero-order valence-electron chi connectivity index (χ0n) is 19.5. The van der Waals surface area contributed by atoms with E-state index in [1.165, 1.54) is 16.7 Å². The Kier molecular flexibility index (Phi) is 7.54. The maximum atomic E-state index is 13.6. The smallest absolute Gasteiger partial charge is 0.411 e. The van der Waals surface area contributed by atoms with E-state index in [4.69, 9.17) is 9.47 Å². The summed E-state index contributed by atoms with van der Waals surface area (Å²) in [7, 11) is 0. The Balaban J connectivity index is 2.50. The molecule has 9 nitrogen and oxygen atoms in total. The number of aliphatic carboxylic acids is 1. The quantitative estimate of drug-likeness (QED) is 0.665. The van der Waals surface area contributed by atoms with Gasteiger partial charge in [0.1, 0.15) is 11.6 Å². The molecule has 1 unspecified atom stereocenters. The van der Waals surface area contributed by atoms with Gasteiger partial charge in [-0.3, -0.25) is 19.3 Å². The Morgan fingerprint density at radius 3 is 2.31 bits per heavy atom. The van der Waals surface area contributed by atoms with Gasteiger partial charge in [0.05, 0.1) is 19.6 Å². The number of carboxylic acids is 1. The number of hydrogen-bond acceptors (Lipinski definition) is 6. The predicted octanol–water partition coefficient (Wildman–Crippen LogP) is 3.20. The number of carbonyl (C=O) groups is 4. The summed E-state index contributed by atoms with van der Waals surface area (Å²) in [6, 6.07) is 5.85. The maximum Gasteiger partial charge on any atom is 0.411 e. The molecule has 0 saturated carbocycles. The fraction of sp³-hybridized carbons (Fsp3) is 0.565. The number of benzene rings is 1. The van der Waals surface area contributed by atoms with E-state index in [2.05, 4.69) is 0 Å². The highest BCUT2D eigenvalue weighted by Gasteiger charge is 2.42. The lowest BCUT2D eigenvalue weighted by molar-refractivity contribution is -0.144. The summed E-state index contributed by atoms with van der Waals surface area (Å²) in [4.78, 5) is 52.2. The standard InChI is InChI=1S/C23H32N2O7/c1-15(26)31-14-23(5,6)13-25-17-10-8-7-9-16(17)12-24(21(30)32-22(2,3)4)18(20(25)29)11-19(27)28/h7-10,18H,11-14H2,1-6H3,(H,27,28). The second kappa shape index (κ2) is 9.58. The van der Waals surface area contributed by atoms with Crippen molar-refractivity contribution in [3.05, 3.63) is 29.8 Å². The van der Waals surface area contributed by atoms with Crippen LogP contribution in [0.3, 0.4) is 0 Å². The van der Waals surface area contributed by atoms with Crippen molar-refractivity contribution in [1.82, 2.24) is 4.90 Å². The number of carbonyl (C=O) groups excluding carboxylic acids is 3. The van der Waals surface area contributed by atoms with Crippen LogP contribution in [0, 0.1) is 5.41 Å². The van der Waals surface area contributed by atoms with Gasteiger partial charge in [0.25, 0.3) is 5.91 Å². The number of anilines is 1. The van der Waals surface area contributed by atoms with Gasteiger partial charge in [-0.1, -0.05) is 32.0 Å². The van der Waals surface area contributed by atoms with Crippen LogP contribution in [-0.2, 0) is 30.4 Å². The van der Waals surface area contributed by atoms with Crippen LogP contribution in [0.1, 0.15) is 53.5 Å². The van der Waals surface area contributed by atoms with E-state index >= 15 is 0 Å². The lowest BCUT2D eigenvalue weighted by atomic mass is 9.93. The highest BCUT2D eigenvalue weighted by Crippen LogP contribution is 2.33. The highest BCUT2D eigenvalue weighted by molar-refractivity contribution is 6.02. The van der Waals surface area contributed by atoms with Gasteiger partial charge in [-0.2, -0.15) is 0 Å². The van der Waals surface area contributed by atoms with Crippen LogP contribution in [-0.4, -0.2) is 58.7 Å². The van der Waals surface area contributed by atoms with Crippen LogP contribution in [0.2, 0.25) is 0 Å². The van der Waals surface area contributed by atoms with E-state index in [0.717, 1.165) is 0 Å². The third-order valence-corrected chi connectivity index (χ3v) is 4.80. The normalized spacial score (nSPS) is 16.8. The Hall–Kier alpha value is -3.10. The Morgan fingerprint density at radius 2 is 1.75 bits per heavy atom. The van der Waals surface area contributed by atoms with Crippen molar-refractivity contribution in [2.75, 3.05) is 18.1 Å². The predicted molar refractivity (Wildman–Crippen MR) is 117 cm³/mol. The van der Waals surface area contributed by atoms with Crippen molar-refractivity contribution in [3.63, 3.8) is 0 Å². The van der Waals surface area contributed by atoms with E-state index in [9.17, 15) is 24.3 Å². The van der Waals surface area contributed by atoms with E-state index < -0.39 is 47.4 Å². The molecule has 32 heavy (non-hydrogen) atoms. The highest BCUT2D eigenvalue weighted by atomic mass is 16.6. The molecule has 1 aliphatic heterocycles. The molecule has 9 heteroatoms. The molecule has 1 aliphatic rings. The van der Waals surface area contributed by atoms with E-state index in [1.807, 2.05) is 13.8 Å². The van der Waals surface area contributed by atoms with Crippen LogP contribution in [0.5, 0.6) is 0 Å². The van der Waals surface area contributed by atoms with Crippen LogP contribution in [0.4, 0.5) is 10.5 Å². The van der Waals surface area contributed by atoms with Gasteiger partial charge in [-0.05, 0) is 32.4 Å². The molecule has 0 bridgehead atoms. The summed E-state index contributed by atoms with van der Waals surface area (Å²) in [6.07, 6.45) is -1.32. The van der Waals surface area contributed by atoms with Crippen molar-refractivity contribution in [2.24, 2.45) is 5.41 Å². The fourth-order valence-corrected chi connectivity index (χ4v) is 3.44. The molecule has 1 aromatic carbocycles. The molecule has 0 saturated heterocycles. The molecular weight excluding hydrogens is 416 g/mol. The van der Waals surface area contributed by atoms with Crippen molar-refractivity contribution in [2.45, 2.75) is 66.2 Å². The molecule has 0 spiro atoms. The maximum absolute atomic E-state index is 13.6. The minimum Gasteiger partial charge on any atom is -0.481 e. The summed E-state index contributed by atoms with van der Waals surface area (Å²) >= 11 is 0. The first kappa shape index (κ1) is 25.2. The van der Waals surface area contributed by atoms with Crippen molar-refractivity contribution in [1.29, 1.82) is 0 Å². The molecule has 2 rings (SSSR count). The van der Waals surface area contributed by atoms with Crippen LogP contribution < -0.4 is 4.90 Å². The number of ether oxygens (including phenoxy) is 2. The average Bonchev–Trinajstić information content (AvgIpc) is 2.75. The summed E-state index contributed by atoms with van der Waals surface area (Å²) in [5, 5.41) is 9.48. The molecule has 0 aromatic heterocycles. The number of para-hydroxylation sites is 1. The molecule has 2 amide bonds. The van der Waals surface area contributed by atoms with Crippen molar-refractivity contribution < 1.29 is 33.8 Å². The monoisotopic (exact) mass is 448 g/mol. The molecule has 176 valence electrons. The minimum atomic E-state index is -1.25. The summed E-state index contributed by atoms with van der Waals surface area (Å²) in [5.41, 5.74) is -0.174. The zero-order chi connectivity index (χ0) is 24.3. The van der Waals surface area contributed by atoms with Crippen LogP contribution >= 0.6 is 0 Å². The van der Waals surface area contributed by atoms with Crippen LogP contribution in [0.15, 0.2) is 24.3 Å². The molecule has 0 fully saturated rings. The van der Waals surface area contributed by atoms with Gasteiger partial charge in [0.15, 0.2) is 0 Å². The molecule has 1 atom stereocenters. The number of esters is 1. The van der Waals surface area contributed by atoms with E-state index in [1.54, 1.807) is 45.0 Å². The van der Waals surface area contributed by atoms with Gasteiger partial charge in [0, 0.05) is 24.6 Å². The topological polar surface area (TPSA) is 113 Å². The molecule has 1 heterocycles. The van der Waals surface area contributed by atoms with E-state index in [0.29, 0.717) is 11.3 Å². The molecule has 0 aliphatic carbocycles. The minimum absolute atomic E-state index is 0.0235. The zero-order valence-corrected chi connectivity index (χ0v) is 19.5. The first-order valence-electron chi connectivity index (χ1n) is 10.4. The van der Waals surface area contributed by atoms with Gasteiger partial charge >= 0.3 is 18.0 Å². The number of carboxylic acid groups (broad SMARTS) is 1. The lowest BCUT2D eigenvalue weighted by Gasteiger charge is -2.35. The molecular formula is C23H32N2O7. The van der Waals surface area contributed by atoms with Gasteiger partial charge in [-0.15, -0.1) is 0 Å².